The summed E-state index contributed by atoms with van der Waals surface area (Å²) in [5.74, 6) is -0.228. The third kappa shape index (κ3) is 1.91. The van der Waals surface area contributed by atoms with E-state index < -0.39 is 0 Å². The third-order valence-corrected chi connectivity index (χ3v) is 3.39. The van der Waals surface area contributed by atoms with Crippen LogP contribution in [0.4, 0.5) is 4.39 Å². The number of nitrogens with zero attached hydrogens (tertiary/aromatic N) is 1. The summed E-state index contributed by atoms with van der Waals surface area (Å²) in [6, 6.07) is 5.22. The second-order valence-electron chi connectivity index (χ2n) is 4.96. The molecule has 3 nitrogen and oxygen atoms in total. The molecule has 0 spiro atoms. The average molecular weight is 249 g/mol. The van der Waals surface area contributed by atoms with Gasteiger partial charge in [-0.25, -0.2) is 4.39 Å². The Hall–Kier alpha value is -1.39. The maximum atomic E-state index is 14.4. The fourth-order valence-corrected chi connectivity index (χ4v) is 2.61. The lowest BCUT2D eigenvalue weighted by molar-refractivity contribution is -0.0727. The zero-order valence-corrected chi connectivity index (χ0v) is 10.5. The first kappa shape index (κ1) is 11.7. The van der Waals surface area contributed by atoms with Crippen LogP contribution in [0.15, 0.2) is 28.9 Å². The van der Waals surface area contributed by atoms with Gasteiger partial charge >= 0.3 is 0 Å². The zero-order chi connectivity index (χ0) is 12.7. The van der Waals surface area contributed by atoms with Crippen molar-refractivity contribution < 1.29 is 13.5 Å². The predicted octanol–water partition coefficient (Wildman–Crippen LogP) is 2.96. The Labute approximate surface area is 105 Å². The van der Waals surface area contributed by atoms with E-state index in [0.29, 0.717) is 23.1 Å². The van der Waals surface area contributed by atoms with E-state index in [2.05, 4.69) is 4.90 Å². The lowest BCUT2D eigenvalue weighted by atomic mass is 10.0. The summed E-state index contributed by atoms with van der Waals surface area (Å²) >= 11 is 0. The van der Waals surface area contributed by atoms with Crippen LogP contribution in [0.5, 0.6) is 0 Å². The molecule has 0 N–H and O–H groups in total. The van der Waals surface area contributed by atoms with Gasteiger partial charge in [0.25, 0.3) is 0 Å². The number of benzene rings is 1. The number of likely N-dealkylation sites (N-methyl/N-ethyl adjacent to an activating group) is 1. The molecule has 0 aliphatic carbocycles. The van der Waals surface area contributed by atoms with Gasteiger partial charge in [0.15, 0.2) is 0 Å². The van der Waals surface area contributed by atoms with E-state index in [1.54, 1.807) is 18.2 Å². The molecule has 0 radical (unpaired) electrons. The van der Waals surface area contributed by atoms with Crippen LogP contribution in [0.3, 0.4) is 0 Å². The van der Waals surface area contributed by atoms with Crippen molar-refractivity contribution in [3.8, 4) is 0 Å². The first-order valence-corrected chi connectivity index (χ1v) is 6.15. The van der Waals surface area contributed by atoms with Crippen molar-refractivity contribution in [2.45, 2.75) is 19.1 Å². The molecule has 4 heteroatoms. The minimum absolute atomic E-state index is 0.119. The molecule has 1 aliphatic rings. The topological polar surface area (TPSA) is 25.6 Å². The van der Waals surface area contributed by atoms with Crippen molar-refractivity contribution in [2.24, 2.45) is 0 Å². The van der Waals surface area contributed by atoms with Gasteiger partial charge in [-0.15, -0.1) is 0 Å². The molecule has 2 aromatic rings. The van der Waals surface area contributed by atoms with Gasteiger partial charge in [-0.05, 0) is 32.2 Å². The number of furan rings is 1. The van der Waals surface area contributed by atoms with Crippen LogP contribution in [0.2, 0.25) is 0 Å². The first-order chi connectivity index (χ1) is 8.65. The van der Waals surface area contributed by atoms with Gasteiger partial charge in [0.05, 0.1) is 23.9 Å². The Balaban J connectivity index is 2.00. The SMILES string of the molecule is CC1CN(C)CC(c2ccc3occc3c2F)O1. The summed E-state index contributed by atoms with van der Waals surface area (Å²) in [5, 5.41) is 0.525. The highest BCUT2D eigenvalue weighted by Crippen LogP contribution is 2.30. The third-order valence-electron chi connectivity index (χ3n) is 3.39. The Morgan fingerprint density at radius 1 is 1.28 bits per heavy atom. The Kier molecular flexibility index (Phi) is 2.84. The largest absolute Gasteiger partial charge is 0.464 e. The van der Waals surface area contributed by atoms with Gasteiger partial charge in [0, 0.05) is 18.7 Å². The van der Waals surface area contributed by atoms with Crippen LogP contribution in [0.1, 0.15) is 18.6 Å². The molecule has 2 unspecified atom stereocenters. The molecular formula is C14H16FNO2. The molecule has 3 rings (SSSR count). The molecule has 1 saturated heterocycles. The molecule has 1 aromatic carbocycles. The molecule has 0 saturated carbocycles. The van der Waals surface area contributed by atoms with Crippen LogP contribution in [-0.2, 0) is 4.74 Å². The van der Waals surface area contributed by atoms with Gasteiger partial charge in [0.1, 0.15) is 11.4 Å². The van der Waals surface area contributed by atoms with Gasteiger partial charge in [-0.1, -0.05) is 0 Å². The highest BCUT2D eigenvalue weighted by molar-refractivity contribution is 5.78. The summed E-state index contributed by atoms with van der Waals surface area (Å²) in [6.07, 6.45) is 1.42. The van der Waals surface area contributed by atoms with E-state index >= 15 is 0 Å². The first-order valence-electron chi connectivity index (χ1n) is 6.15. The van der Waals surface area contributed by atoms with Gasteiger partial charge in [0.2, 0.25) is 0 Å². The fourth-order valence-electron chi connectivity index (χ4n) is 2.61. The van der Waals surface area contributed by atoms with E-state index in [4.69, 9.17) is 9.15 Å². The van der Waals surface area contributed by atoms with E-state index in [-0.39, 0.29) is 18.0 Å². The lowest BCUT2D eigenvalue weighted by Crippen LogP contribution is -2.40. The fraction of sp³-hybridized carbons (Fsp3) is 0.429. The summed E-state index contributed by atoms with van der Waals surface area (Å²) < 4.78 is 25.4. The van der Waals surface area contributed by atoms with Crippen molar-refractivity contribution in [1.29, 1.82) is 0 Å². The van der Waals surface area contributed by atoms with Crippen LogP contribution < -0.4 is 0 Å². The number of hydrogen-bond acceptors (Lipinski definition) is 3. The number of ether oxygens (including phenoxy) is 1. The molecular weight excluding hydrogens is 233 g/mol. The molecule has 0 bridgehead atoms. The molecule has 2 heterocycles. The van der Waals surface area contributed by atoms with E-state index in [1.807, 2.05) is 14.0 Å². The van der Waals surface area contributed by atoms with Crippen molar-refractivity contribution in [3.63, 3.8) is 0 Å². The summed E-state index contributed by atoms with van der Waals surface area (Å²) in [5.41, 5.74) is 1.19. The Morgan fingerprint density at radius 2 is 2.11 bits per heavy atom. The quantitative estimate of drug-likeness (QED) is 0.777. The number of rotatable bonds is 1. The molecule has 1 aromatic heterocycles. The molecule has 2 atom stereocenters. The smallest absolute Gasteiger partial charge is 0.140 e. The lowest BCUT2D eigenvalue weighted by Gasteiger charge is -2.34. The highest BCUT2D eigenvalue weighted by atomic mass is 19.1. The van der Waals surface area contributed by atoms with E-state index in [9.17, 15) is 4.39 Å². The number of hydrogen-bond donors (Lipinski definition) is 0. The number of morpholine rings is 1. The number of fused-ring (bicyclic) bond motifs is 1. The minimum Gasteiger partial charge on any atom is -0.464 e. The van der Waals surface area contributed by atoms with E-state index in [1.165, 1.54) is 6.26 Å². The molecule has 1 aliphatic heterocycles. The summed E-state index contributed by atoms with van der Waals surface area (Å²) in [6.45, 7) is 3.60. The summed E-state index contributed by atoms with van der Waals surface area (Å²) in [4.78, 5) is 2.16. The molecule has 96 valence electrons. The zero-order valence-electron chi connectivity index (χ0n) is 10.5. The maximum Gasteiger partial charge on any atom is 0.140 e. The van der Waals surface area contributed by atoms with Crippen molar-refractivity contribution >= 4 is 11.0 Å². The Morgan fingerprint density at radius 3 is 2.89 bits per heavy atom. The van der Waals surface area contributed by atoms with Crippen molar-refractivity contribution in [3.05, 3.63) is 35.8 Å². The molecule has 18 heavy (non-hydrogen) atoms. The highest BCUT2D eigenvalue weighted by Gasteiger charge is 2.27. The van der Waals surface area contributed by atoms with Gasteiger partial charge in [-0.2, -0.15) is 0 Å². The van der Waals surface area contributed by atoms with Crippen LogP contribution in [0, 0.1) is 5.82 Å². The predicted molar refractivity (Wildman–Crippen MR) is 67.0 cm³/mol. The average Bonchev–Trinajstić information content (AvgIpc) is 2.77. The summed E-state index contributed by atoms with van der Waals surface area (Å²) in [7, 11) is 2.03. The van der Waals surface area contributed by atoms with Crippen LogP contribution >= 0.6 is 0 Å². The van der Waals surface area contributed by atoms with Crippen molar-refractivity contribution in [1.82, 2.24) is 4.90 Å². The normalized spacial score (nSPS) is 25.7. The Bertz CT molecular complexity index is 556. The second-order valence-corrected chi connectivity index (χ2v) is 4.96. The van der Waals surface area contributed by atoms with Gasteiger partial charge in [-0.3, -0.25) is 0 Å². The molecule has 0 amide bonds. The van der Waals surface area contributed by atoms with Gasteiger partial charge < -0.3 is 14.1 Å². The minimum atomic E-state index is -0.228. The number of halogens is 1. The monoisotopic (exact) mass is 249 g/mol. The second kappa shape index (κ2) is 4.37. The van der Waals surface area contributed by atoms with Crippen LogP contribution in [0.25, 0.3) is 11.0 Å². The molecule has 1 fully saturated rings. The van der Waals surface area contributed by atoms with Crippen molar-refractivity contribution in [2.75, 3.05) is 20.1 Å². The van der Waals surface area contributed by atoms with Crippen LogP contribution in [-0.4, -0.2) is 31.1 Å². The standard InChI is InChI=1S/C14H16FNO2/c1-9-7-16(2)8-13(18-9)10-3-4-12-11(14(10)15)5-6-17-12/h3-6,9,13H,7-8H2,1-2H3. The maximum absolute atomic E-state index is 14.4. The van der Waals surface area contributed by atoms with E-state index in [0.717, 1.165) is 6.54 Å².